The number of rotatable bonds is 4. The summed E-state index contributed by atoms with van der Waals surface area (Å²) in [5.41, 5.74) is 2.19. The first-order valence-corrected chi connectivity index (χ1v) is 7.39. The molecule has 0 radical (unpaired) electrons. The summed E-state index contributed by atoms with van der Waals surface area (Å²) in [6.45, 7) is 1.97. The Bertz CT molecular complexity index is 767. The fourth-order valence-electron chi connectivity index (χ4n) is 2.98. The third kappa shape index (κ3) is 2.63. The Labute approximate surface area is 132 Å². The van der Waals surface area contributed by atoms with Crippen LogP contribution >= 0.6 is 0 Å². The molecule has 0 saturated heterocycles. The number of aromatic amines is 1. The Morgan fingerprint density at radius 3 is 2.83 bits per heavy atom. The minimum Gasteiger partial charge on any atom is -0.497 e. The van der Waals surface area contributed by atoms with Crippen LogP contribution in [0.3, 0.4) is 0 Å². The van der Waals surface area contributed by atoms with Crippen molar-refractivity contribution in [2.24, 2.45) is 0 Å². The number of benzene rings is 1. The zero-order valence-electron chi connectivity index (χ0n) is 12.9. The van der Waals surface area contributed by atoms with E-state index in [1.54, 1.807) is 20.1 Å². The fraction of sp³-hybridized carbons (Fsp3) is 0.375. The third-order valence-electron chi connectivity index (χ3n) is 4.03. The molecule has 2 heterocycles. The summed E-state index contributed by atoms with van der Waals surface area (Å²) in [7, 11) is 1.57. The van der Waals surface area contributed by atoms with E-state index in [4.69, 9.17) is 9.47 Å². The third-order valence-corrected chi connectivity index (χ3v) is 4.03. The molecule has 3 N–H and O–H groups in total. The van der Waals surface area contributed by atoms with Gasteiger partial charge >= 0.3 is 11.9 Å². The van der Waals surface area contributed by atoms with Gasteiger partial charge in [-0.1, -0.05) is 0 Å². The second-order valence-corrected chi connectivity index (χ2v) is 5.38. The van der Waals surface area contributed by atoms with Crippen LogP contribution in [-0.4, -0.2) is 41.8 Å². The van der Waals surface area contributed by atoms with E-state index in [-0.39, 0.29) is 6.61 Å². The Morgan fingerprint density at radius 1 is 1.39 bits per heavy atom. The number of nitrogens with one attached hydrogen (secondary N) is 2. The average molecular weight is 318 g/mol. The van der Waals surface area contributed by atoms with E-state index in [1.165, 1.54) is 0 Å². The molecular weight excluding hydrogens is 300 g/mol. The van der Waals surface area contributed by atoms with Crippen molar-refractivity contribution in [3.05, 3.63) is 29.5 Å². The molecule has 1 aromatic carbocycles. The van der Waals surface area contributed by atoms with E-state index in [1.807, 2.05) is 12.1 Å². The van der Waals surface area contributed by atoms with Crippen LogP contribution in [0.5, 0.6) is 5.75 Å². The second-order valence-electron chi connectivity index (χ2n) is 5.38. The van der Waals surface area contributed by atoms with Crippen LogP contribution in [0, 0.1) is 0 Å². The van der Waals surface area contributed by atoms with Crippen molar-refractivity contribution < 1.29 is 24.2 Å². The van der Waals surface area contributed by atoms with Crippen molar-refractivity contribution in [1.29, 1.82) is 0 Å². The standard InChI is InChI=1S/C16H18N2O5/c1-3-23-16(21)12-7-10-9-6-8(22-2)4-5-11(9)17-13(10)14(18-12)15(19)20/h4-6,12,14,17-18H,3,7H2,1-2H3,(H,19,20). The zero-order chi connectivity index (χ0) is 16.6. The van der Waals surface area contributed by atoms with E-state index in [2.05, 4.69) is 10.3 Å². The van der Waals surface area contributed by atoms with Gasteiger partial charge < -0.3 is 19.6 Å². The van der Waals surface area contributed by atoms with Crippen molar-refractivity contribution in [3.63, 3.8) is 0 Å². The molecule has 7 nitrogen and oxygen atoms in total. The van der Waals surface area contributed by atoms with Gasteiger partial charge in [0.2, 0.25) is 0 Å². The normalized spacial score (nSPS) is 20.1. The number of aliphatic carboxylic acids is 1. The highest BCUT2D eigenvalue weighted by molar-refractivity contribution is 5.91. The lowest BCUT2D eigenvalue weighted by atomic mass is 9.94. The molecule has 0 fully saturated rings. The lowest BCUT2D eigenvalue weighted by Gasteiger charge is -2.27. The van der Waals surface area contributed by atoms with Gasteiger partial charge in [-0.2, -0.15) is 0 Å². The quantitative estimate of drug-likeness (QED) is 0.736. The van der Waals surface area contributed by atoms with Crippen LogP contribution in [0.2, 0.25) is 0 Å². The van der Waals surface area contributed by atoms with Crippen molar-refractivity contribution in [1.82, 2.24) is 10.3 Å². The van der Waals surface area contributed by atoms with Gasteiger partial charge in [-0.3, -0.25) is 14.9 Å². The number of H-pyrrole nitrogens is 1. The van der Waals surface area contributed by atoms with E-state index in [0.717, 1.165) is 16.5 Å². The molecule has 23 heavy (non-hydrogen) atoms. The number of ether oxygens (including phenoxy) is 2. The summed E-state index contributed by atoms with van der Waals surface area (Å²) in [5, 5.41) is 13.2. The maximum atomic E-state index is 12.0. The summed E-state index contributed by atoms with van der Waals surface area (Å²) in [6.07, 6.45) is 0.366. The van der Waals surface area contributed by atoms with Crippen LogP contribution in [0.1, 0.15) is 24.2 Å². The summed E-state index contributed by atoms with van der Waals surface area (Å²) in [5.74, 6) is -0.808. The largest absolute Gasteiger partial charge is 0.497 e. The predicted octanol–water partition coefficient (Wildman–Crippen LogP) is 1.38. The minimum absolute atomic E-state index is 0.253. The van der Waals surface area contributed by atoms with Gasteiger partial charge in [-0.05, 0) is 30.7 Å². The molecule has 1 aliphatic rings. The minimum atomic E-state index is -1.04. The number of esters is 1. The summed E-state index contributed by atoms with van der Waals surface area (Å²) in [4.78, 5) is 26.8. The second kappa shape index (κ2) is 5.92. The highest BCUT2D eigenvalue weighted by atomic mass is 16.5. The van der Waals surface area contributed by atoms with Crippen molar-refractivity contribution in [3.8, 4) is 5.75 Å². The topological polar surface area (TPSA) is 101 Å². The molecule has 0 spiro atoms. The first kappa shape index (κ1) is 15.4. The number of carbonyl (C=O) groups is 2. The van der Waals surface area contributed by atoms with Crippen LogP contribution < -0.4 is 10.1 Å². The number of hydrogen-bond acceptors (Lipinski definition) is 5. The predicted molar refractivity (Wildman–Crippen MR) is 82.5 cm³/mol. The number of methoxy groups -OCH3 is 1. The van der Waals surface area contributed by atoms with E-state index >= 15 is 0 Å². The Morgan fingerprint density at radius 2 is 2.17 bits per heavy atom. The molecule has 2 aromatic rings. The Kier molecular flexibility index (Phi) is 3.96. The maximum absolute atomic E-state index is 12.0. The Balaban J connectivity index is 2.09. The number of carboxylic acids is 1. The average Bonchev–Trinajstić information content (AvgIpc) is 2.91. The van der Waals surface area contributed by atoms with Crippen LogP contribution in [0.25, 0.3) is 10.9 Å². The lowest BCUT2D eigenvalue weighted by molar-refractivity contribution is -0.147. The molecule has 0 bridgehead atoms. The van der Waals surface area contributed by atoms with Crippen LogP contribution in [0.4, 0.5) is 0 Å². The highest BCUT2D eigenvalue weighted by Gasteiger charge is 2.37. The SMILES string of the molecule is CCOC(=O)C1Cc2c([nH]c3ccc(OC)cc23)C(C(=O)O)N1. The van der Waals surface area contributed by atoms with Gasteiger partial charge in [-0.25, -0.2) is 0 Å². The number of carboxylic acid groups (broad SMARTS) is 1. The van der Waals surface area contributed by atoms with E-state index in [9.17, 15) is 14.7 Å². The molecular formula is C16H18N2O5. The zero-order valence-corrected chi connectivity index (χ0v) is 12.9. The van der Waals surface area contributed by atoms with Crippen molar-refractivity contribution in [2.75, 3.05) is 13.7 Å². The first-order valence-electron chi connectivity index (χ1n) is 7.39. The summed E-state index contributed by atoms with van der Waals surface area (Å²) >= 11 is 0. The summed E-state index contributed by atoms with van der Waals surface area (Å²) in [6, 6.07) is 3.82. The molecule has 122 valence electrons. The molecule has 2 unspecified atom stereocenters. The summed E-state index contributed by atoms with van der Waals surface area (Å²) < 4.78 is 10.3. The number of carbonyl (C=O) groups excluding carboxylic acids is 1. The van der Waals surface area contributed by atoms with Gasteiger partial charge in [0.1, 0.15) is 17.8 Å². The fourth-order valence-corrected chi connectivity index (χ4v) is 2.98. The molecule has 3 rings (SSSR count). The molecule has 1 aromatic heterocycles. The molecule has 2 atom stereocenters. The van der Waals surface area contributed by atoms with Gasteiger partial charge in [0.15, 0.2) is 0 Å². The van der Waals surface area contributed by atoms with Crippen LogP contribution in [-0.2, 0) is 20.7 Å². The van der Waals surface area contributed by atoms with Gasteiger partial charge in [0.05, 0.1) is 13.7 Å². The number of aromatic nitrogens is 1. The van der Waals surface area contributed by atoms with Gasteiger partial charge in [0, 0.05) is 23.0 Å². The van der Waals surface area contributed by atoms with Gasteiger partial charge in [-0.15, -0.1) is 0 Å². The molecule has 7 heteroatoms. The number of hydrogen-bond donors (Lipinski definition) is 3. The van der Waals surface area contributed by atoms with Crippen LogP contribution in [0.15, 0.2) is 18.2 Å². The monoisotopic (exact) mass is 318 g/mol. The van der Waals surface area contributed by atoms with Crippen molar-refractivity contribution in [2.45, 2.75) is 25.4 Å². The molecule has 0 aliphatic carbocycles. The van der Waals surface area contributed by atoms with Gasteiger partial charge in [0.25, 0.3) is 0 Å². The maximum Gasteiger partial charge on any atom is 0.326 e. The first-order chi connectivity index (χ1) is 11.0. The highest BCUT2D eigenvalue weighted by Crippen LogP contribution is 2.34. The smallest absolute Gasteiger partial charge is 0.326 e. The molecule has 0 saturated carbocycles. The van der Waals surface area contributed by atoms with E-state index < -0.39 is 24.0 Å². The van der Waals surface area contributed by atoms with Crippen molar-refractivity contribution >= 4 is 22.8 Å². The number of fused-ring (bicyclic) bond motifs is 3. The molecule has 1 aliphatic heterocycles. The molecule has 0 amide bonds. The lowest BCUT2D eigenvalue weighted by Crippen LogP contribution is -2.47. The van der Waals surface area contributed by atoms with E-state index in [0.29, 0.717) is 17.9 Å². The Hall–Kier alpha value is -2.54.